The van der Waals surface area contributed by atoms with E-state index in [-0.39, 0.29) is 29.1 Å². The van der Waals surface area contributed by atoms with Gasteiger partial charge in [0.15, 0.2) is 0 Å². The molecule has 1 heterocycles. The van der Waals surface area contributed by atoms with Gasteiger partial charge in [0.1, 0.15) is 4.21 Å². The molecule has 0 saturated heterocycles. The fourth-order valence-electron chi connectivity index (χ4n) is 1.81. The molecule has 0 aliphatic heterocycles. The smallest absolute Gasteiger partial charge is 0.250 e. The molecule has 0 saturated carbocycles. The van der Waals surface area contributed by atoms with Crippen molar-refractivity contribution in [2.24, 2.45) is 5.73 Å². The largest absolute Gasteiger partial charge is 0.356 e. The van der Waals surface area contributed by atoms with Crippen LogP contribution >= 0.6 is 23.7 Å². The Bertz CT molecular complexity index is 598. The monoisotopic (exact) mass is 383 g/mol. The highest BCUT2D eigenvalue weighted by Gasteiger charge is 2.24. The Labute approximate surface area is 148 Å². The first kappa shape index (κ1) is 22.3. The second-order valence-corrected chi connectivity index (χ2v) is 8.51. The molecule has 6 nitrogen and oxygen atoms in total. The summed E-state index contributed by atoms with van der Waals surface area (Å²) in [5.41, 5.74) is 5.60. The summed E-state index contributed by atoms with van der Waals surface area (Å²) in [6.07, 6.45) is 2.03. The Morgan fingerprint density at radius 3 is 2.43 bits per heavy atom. The van der Waals surface area contributed by atoms with Crippen molar-refractivity contribution < 1.29 is 13.2 Å². The molecule has 134 valence electrons. The van der Waals surface area contributed by atoms with Crippen LogP contribution in [0.5, 0.6) is 0 Å². The lowest BCUT2D eigenvalue weighted by atomic mass is 9.95. The Balaban J connectivity index is 0.00000484. The van der Waals surface area contributed by atoms with Crippen LogP contribution < -0.4 is 15.8 Å². The average molecular weight is 384 g/mol. The van der Waals surface area contributed by atoms with E-state index in [1.54, 1.807) is 12.1 Å². The molecular formula is C14H26ClN3O3S2. The Morgan fingerprint density at radius 2 is 1.91 bits per heavy atom. The first-order chi connectivity index (χ1) is 10.2. The van der Waals surface area contributed by atoms with Crippen molar-refractivity contribution in [1.82, 2.24) is 10.0 Å². The first-order valence-corrected chi connectivity index (χ1v) is 9.64. The van der Waals surface area contributed by atoms with Crippen LogP contribution in [-0.4, -0.2) is 33.0 Å². The number of hydrogen-bond acceptors (Lipinski definition) is 5. The van der Waals surface area contributed by atoms with E-state index in [1.807, 2.05) is 13.8 Å². The maximum atomic E-state index is 12.3. The summed E-state index contributed by atoms with van der Waals surface area (Å²) in [6, 6.07) is 3.36. The van der Waals surface area contributed by atoms with Crippen molar-refractivity contribution in [2.45, 2.75) is 49.8 Å². The molecule has 0 unspecified atom stereocenters. The third-order valence-electron chi connectivity index (χ3n) is 3.67. The normalized spacial score (nSPS) is 11.8. The molecule has 0 aromatic carbocycles. The van der Waals surface area contributed by atoms with E-state index in [2.05, 4.69) is 10.0 Å². The number of sulfonamides is 1. The zero-order valence-corrected chi connectivity index (χ0v) is 16.2. The third-order valence-corrected chi connectivity index (χ3v) is 6.71. The zero-order chi connectivity index (χ0) is 16.8. The van der Waals surface area contributed by atoms with E-state index < -0.39 is 15.6 Å². The zero-order valence-electron chi connectivity index (χ0n) is 13.7. The minimum atomic E-state index is -3.53. The molecule has 0 bridgehead atoms. The maximum Gasteiger partial charge on any atom is 0.250 e. The van der Waals surface area contributed by atoms with Gasteiger partial charge in [-0.25, -0.2) is 13.1 Å². The molecule has 1 aromatic heterocycles. The minimum absolute atomic E-state index is 0. The van der Waals surface area contributed by atoms with Gasteiger partial charge in [0.05, 0.1) is 0 Å². The van der Waals surface area contributed by atoms with Gasteiger partial charge in [-0.05, 0) is 31.4 Å². The molecule has 1 amide bonds. The number of halogens is 1. The van der Waals surface area contributed by atoms with Gasteiger partial charge in [-0.3, -0.25) is 4.79 Å². The van der Waals surface area contributed by atoms with E-state index in [1.165, 1.54) is 18.3 Å². The van der Waals surface area contributed by atoms with Gasteiger partial charge < -0.3 is 11.1 Å². The lowest BCUT2D eigenvalue weighted by Gasteiger charge is -2.26. The lowest BCUT2D eigenvalue weighted by Crippen LogP contribution is -2.49. The van der Waals surface area contributed by atoms with Gasteiger partial charge in [-0.1, -0.05) is 13.8 Å². The maximum absolute atomic E-state index is 12.3. The molecule has 0 radical (unpaired) electrons. The highest BCUT2D eigenvalue weighted by Crippen LogP contribution is 2.22. The second kappa shape index (κ2) is 9.58. The van der Waals surface area contributed by atoms with Gasteiger partial charge in [-0.15, -0.1) is 23.7 Å². The molecule has 1 rings (SSSR count). The number of rotatable bonds is 9. The third kappa shape index (κ3) is 7.17. The van der Waals surface area contributed by atoms with Crippen LogP contribution in [0.2, 0.25) is 0 Å². The highest BCUT2D eigenvalue weighted by atomic mass is 35.5. The molecular weight excluding hydrogens is 358 g/mol. The molecule has 23 heavy (non-hydrogen) atoms. The molecule has 4 N–H and O–H groups in total. The van der Waals surface area contributed by atoms with Crippen LogP contribution in [0.25, 0.3) is 0 Å². The summed E-state index contributed by atoms with van der Waals surface area (Å²) in [5, 5.41) is 2.69. The van der Waals surface area contributed by atoms with Crippen LogP contribution in [0.15, 0.2) is 16.3 Å². The van der Waals surface area contributed by atoms with Gasteiger partial charge in [-0.2, -0.15) is 0 Å². The van der Waals surface area contributed by atoms with Crippen molar-refractivity contribution in [3.05, 3.63) is 17.0 Å². The van der Waals surface area contributed by atoms with Gasteiger partial charge in [0, 0.05) is 30.4 Å². The van der Waals surface area contributed by atoms with E-state index >= 15 is 0 Å². The highest BCUT2D eigenvalue weighted by molar-refractivity contribution is 7.91. The first-order valence-electron chi connectivity index (χ1n) is 7.34. The number of nitrogens with one attached hydrogen (secondary N) is 2. The number of thiophene rings is 1. The summed E-state index contributed by atoms with van der Waals surface area (Å²) in [4.78, 5) is 11.7. The SMILES string of the molecule is CCC(N)(CC)CNS(=O)(=O)c1ccc(CCNC(C)=O)s1.Cl. The predicted octanol–water partition coefficient (Wildman–Crippen LogP) is 1.64. The standard InChI is InChI=1S/C14H25N3O3S2.ClH/c1-4-14(15,5-2)10-17-22(19,20)13-7-6-12(21-13)8-9-16-11(3)18;/h6-7,17H,4-5,8-10,15H2,1-3H3,(H,16,18);1H. The fourth-order valence-corrected chi connectivity index (χ4v) is 4.35. The van der Waals surface area contributed by atoms with E-state index in [0.29, 0.717) is 25.8 Å². The topological polar surface area (TPSA) is 101 Å². The molecule has 0 atom stereocenters. The summed E-state index contributed by atoms with van der Waals surface area (Å²) >= 11 is 1.21. The molecule has 0 aliphatic carbocycles. The molecule has 9 heteroatoms. The Hall–Kier alpha value is -0.670. The number of hydrogen-bond donors (Lipinski definition) is 3. The van der Waals surface area contributed by atoms with Crippen molar-refractivity contribution in [1.29, 1.82) is 0 Å². The fraction of sp³-hybridized carbons (Fsp3) is 0.643. The van der Waals surface area contributed by atoms with Crippen molar-refractivity contribution in [3.8, 4) is 0 Å². The summed E-state index contributed by atoms with van der Waals surface area (Å²) in [7, 11) is -3.53. The molecule has 1 aromatic rings. The summed E-state index contributed by atoms with van der Waals surface area (Å²) in [5.74, 6) is -0.0931. The Morgan fingerprint density at radius 1 is 1.30 bits per heavy atom. The van der Waals surface area contributed by atoms with Crippen LogP contribution in [0.3, 0.4) is 0 Å². The summed E-state index contributed by atoms with van der Waals surface area (Å²) < 4.78 is 27.4. The molecule has 0 aliphatic rings. The van der Waals surface area contributed by atoms with E-state index in [4.69, 9.17) is 5.73 Å². The van der Waals surface area contributed by atoms with Crippen LogP contribution in [-0.2, 0) is 21.2 Å². The number of amides is 1. The van der Waals surface area contributed by atoms with Crippen molar-refractivity contribution in [2.75, 3.05) is 13.1 Å². The minimum Gasteiger partial charge on any atom is -0.356 e. The average Bonchev–Trinajstić information content (AvgIpc) is 2.94. The summed E-state index contributed by atoms with van der Waals surface area (Å²) in [6.45, 7) is 6.07. The van der Waals surface area contributed by atoms with E-state index in [9.17, 15) is 13.2 Å². The van der Waals surface area contributed by atoms with Gasteiger partial charge >= 0.3 is 0 Å². The number of carbonyl (C=O) groups is 1. The number of nitrogens with two attached hydrogens (primary N) is 1. The van der Waals surface area contributed by atoms with Crippen molar-refractivity contribution >= 4 is 39.7 Å². The molecule has 0 spiro atoms. The van der Waals surface area contributed by atoms with Crippen LogP contribution in [0.4, 0.5) is 0 Å². The van der Waals surface area contributed by atoms with Gasteiger partial charge in [0.25, 0.3) is 0 Å². The predicted molar refractivity (Wildman–Crippen MR) is 96.6 cm³/mol. The molecule has 0 fully saturated rings. The van der Waals surface area contributed by atoms with Crippen molar-refractivity contribution in [3.63, 3.8) is 0 Å². The lowest BCUT2D eigenvalue weighted by molar-refractivity contribution is -0.118. The Kier molecular flexibility index (Phi) is 9.30. The van der Waals surface area contributed by atoms with Crippen LogP contribution in [0.1, 0.15) is 38.5 Å². The second-order valence-electron chi connectivity index (χ2n) is 5.35. The van der Waals surface area contributed by atoms with Crippen LogP contribution in [0, 0.1) is 0 Å². The van der Waals surface area contributed by atoms with E-state index in [0.717, 1.165) is 4.88 Å². The van der Waals surface area contributed by atoms with Gasteiger partial charge in [0.2, 0.25) is 15.9 Å². The quantitative estimate of drug-likeness (QED) is 0.603. The number of carbonyl (C=O) groups excluding carboxylic acids is 1.